The summed E-state index contributed by atoms with van der Waals surface area (Å²) in [5.74, 6) is -0.0652. The number of esters is 1. The molecule has 2 unspecified atom stereocenters. The van der Waals surface area contributed by atoms with E-state index in [1.807, 2.05) is 6.08 Å². The molecule has 0 heterocycles. The molecule has 6 heteroatoms. The van der Waals surface area contributed by atoms with E-state index in [0.29, 0.717) is 19.4 Å². The lowest BCUT2D eigenvalue weighted by molar-refractivity contribution is -0.143. The van der Waals surface area contributed by atoms with Crippen molar-refractivity contribution in [3.05, 3.63) is 12.2 Å². The first-order valence-corrected chi connectivity index (χ1v) is 35.0. The van der Waals surface area contributed by atoms with Crippen molar-refractivity contribution in [1.29, 1.82) is 0 Å². The van der Waals surface area contributed by atoms with Crippen LogP contribution in [0.1, 0.15) is 399 Å². The van der Waals surface area contributed by atoms with Crippen molar-refractivity contribution in [3.8, 4) is 0 Å². The standard InChI is InChI=1S/C70H137NO5/c1-3-5-7-9-11-13-15-17-19-21-23-24-25-26-27-28-30-31-34-38-42-46-50-54-58-62-68(73)67(66-72)71-69(74)63-59-55-51-47-43-39-35-33-37-41-45-49-53-57-61-65-76-70(75)64-60-56-52-48-44-40-36-32-29-22-20-18-16-14-12-10-8-6-4-2/h58,62,67-68,72-73H,3-57,59-61,63-66H2,1-2H3,(H,71,74)/b62-58+. The van der Waals surface area contributed by atoms with Gasteiger partial charge in [0.1, 0.15) is 0 Å². The molecular weight excluding hydrogens is 935 g/mol. The van der Waals surface area contributed by atoms with Gasteiger partial charge in [-0.3, -0.25) is 9.59 Å². The van der Waals surface area contributed by atoms with Crippen LogP contribution < -0.4 is 5.32 Å². The lowest BCUT2D eigenvalue weighted by Crippen LogP contribution is -2.45. The molecule has 0 rings (SSSR count). The Morgan fingerprint density at radius 3 is 0.895 bits per heavy atom. The lowest BCUT2D eigenvalue weighted by Gasteiger charge is -2.20. The summed E-state index contributed by atoms with van der Waals surface area (Å²) < 4.78 is 5.50. The van der Waals surface area contributed by atoms with Gasteiger partial charge in [-0.2, -0.15) is 0 Å². The minimum absolute atomic E-state index is 0.00585. The number of aliphatic hydroxyl groups is 2. The number of allylic oxidation sites excluding steroid dienone is 1. The van der Waals surface area contributed by atoms with Crippen LogP contribution in [0.4, 0.5) is 0 Å². The summed E-state index contributed by atoms with van der Waals surface area (Å²) in [6.45, 7) is 4.94. The largest absolute Gasteiger partial charge is 0.466 e. The van der Waals surface area contributed by atoms with Crippen molar-refractivity contribution < 1.29 is 24.5 Å². The van der Waals surface area contributed by atoms with Crippen LogP contribution in [0.5, 0.6) is 0 Å². The zero-order valence-electron chi connectivity index (χ0n) is 51.8. The zero-order valence-corrected chi connectivity index (χ0v) is 51.8. The van der Waals surface area contributed by atoms with Crippen LogP contribution in [0.2, 0.25) is 0 Å². The molecule has 0 saturated heterocycles. The molecule has 0 saturated carbocycles. The van der Waals surface area contributed by atoms with Gasteiger partial charge in [-0.25, -0.2) is 0 Å². The van der Waals surface area contributed by atoms with E-state index in [2.05, 4.69) is 19.2 Å². The van der Waals surface area contributed by atoms with Gasteiger partial charge in [0, 0.05) is 12.8 Å². The molecular formula is C70H137NO5. The van der Waals surface area contributed by atoms with Gasteiger partial charge < -0.3 is 20.3 Å². The maximum Gasteiger partial charge on any atom is 0.305 e. The average Bonchev–Trinajstić information content (AvgIpc) is 3.42. The highest BCUT2D eigenvalue weighted by Gasteiger charge is 2.18. The number of rotatable bonds is 66. The van der Waals surface area contributed by atoms with E-state index < -0.39 is 12.1 Å². The highest BCUT2D eigenvalue weighted by atomic mass is 16.5. The second-order valence-electron chi connectivity index (χ2n) is 24.2. The number of carbonyl (C=O) groups is 2. The van der Waals surface area contributed by atoms with Crippen molar-refractivity contribution in [2.24, 2.45) is 0 Å². The number of nitrogens with one attached hydrogen (secondary N) is 1. The molecule has 1 amide bonds. The molecule has 0 aliphatic rings. The van der Waals surface area contributed by atoms with Gasteiger partial charge in [0.05, 0.1) is 25.4 Å². The van der Waals surface area contributed by atoms with Gasteiger partial charge in [0.25, 0.3) is 0 Å². The number of hydrogen-bond donors (Lipinski definition) is 3. The second-order valence-corrected chi connectivity index (χ2v) is 24.2. The Balaban J connectivity index is 3.42. The van der Waals surface area contributed by atoms with E-state index in [9.17, 15) is 19.8 Å². The number of carbonyl (C=O) groups excluding carboxylic acids is 2. The Bertz CT molecular complexity index is 1140. The van der Waals surface area contributed by atoms with Gasteiger partial charge >= 0.3 is 5.97 Å². The molecule has 0 aromatic carbocycles. The van der Waals surface area contributed by atoms with Gasteiger partial charge in [-0.15, -0.1) is 0 Å². The van der Waals surface area contributed by atoms with Crippen molar-refractivity contribution in [2.45, 2.75) is 411 Å². The van der Waals surface area contributed by atoms with Gasteiger partial charge in [-0.05, 0) is 32.1 Å². The Morgan fingerprint density at radius 1 is 0.355 bits per heavy atom. The normalized spacial score (nSPS) is 12.5. The topological polar surface area (TPSA) is 95.9 Å². The van der Waals surface area contributed by atoms with Crippen LogP contribution in [0, 0.1) is 0 Å². The van der Waals surface area contributed by atoms with E-state index >= 15 is 0 Å². The molecule has 0 aliphatic carbocycles. The predicted molar refractivity (Wildman–Crippen MR) is 333 cm³/mol. The van der Waals surface area contributed by atoms with E-state index in [0.717, 1.165) is 44.9 Å². The van der Waals surface area contributed by atoms with Crippen LogP contribution in [-0.2, 0) is 14.3 Å². The second kappa shape index (κ2) is 66.1. The predicted octanol–water partition coefficient (Wildman–Crippen LogP) is 22.4. The first-order chi connectivity index (χ1) is 37.5. The van der Waals surface area contributed by atoms with Gasteiger partial charge in [0.15, 0.2) is 0 Å². The summed E-state index contributed by atoms with van der Waals surface area (Å²) in [6, 6.07) is -0.635. The number of unbranched alkanes of at least 4 members (excludes halogenated alkanes) is 55. The Labute approximate surface area is 476 Å². The summed E-state index contributed by atoms with van der Waals surface area (Å²) >= 11 is 0. The highest BCUT2D eigenvalue weighted by Crippen LogP contribution is 2.19. The van der Waals surface area contributed by atoms with Crippen molar-refractivity contribution >= 4 is 11.9 Å². The molecule has 0 aromatic heterocycles. The Kier molecular flexibility index (Phi) is 64.9. The molecule has 0 spiro atoms. The maximum absolute atomic E-state index is 12.5. The molecule has 452 valence electrons. The number of aliphatic hydroxyl groups excluding tert-OH is 2. The van der Waals surface area contributed by atoms with E-state index in [1.54, 1.807) is 6.08 Å². The molecule has 0 radical (unpaired) electrons. The third-order valence-electron chi connectivity index (χ3n) is 16.6. The highest BCUT2D eigenvalue weighted by molar-refractivity contribution is 5.76. The first-order valence-electron chi connectivity index (χ1n) is 35.0. The van der Waals surface area contributed by atoms with Crippen LogP contribution in [0.15, 0.2) is 12.2 Å². The van der Waals surface area contributed by atoms with Crippen molar-refractivity contribution in [2.75, 3.05) is 13.2 Å². The maximum atomic E-state index is 12.5. The zero-order chi connectivity index (χ0) is 55.0. The summed E-state index contributed by atoms with van der Waals surface area (Å²) in [4.78, 5) is 24.7. The number of hydrogen-bond acceptors (Lipinski definition) is 5. The smallest absolute Gasteiger partial charge is 0.305 e. The molecule has 0 aromatic rings. The molecule has 6 nitrogen and oxygen atoms in total. The van der Waals surface area contributed by atoms with Crippen molar-refractivity contribution in [3.63, 3.8) is 0 Å². The minimum atomic E-state index is -0.851. The Hall–Kier alpha value is -1.40. The molecule has 2 atom stereocenters. The fraction of sp³-hybridized carbons (Fsp3) is 0.943. The molecule has 0 aliphatic heterocycles. The lowest BCUT2D eigenvalue weighted by atomic mass is 10.0. The van der Waals surface area contributed by atoms with E-state index in [4.69, 9.17) is 4.74 Å². The third-order valence-corrected chi connectivity index (χ3v) is 16.6. The van der Waals surface area contributed by atoms with E-state index in [1.165, 1.54) is 327 Å². The molecule has 3 N–H and O–H groups in total. The van der Waals surface area contributed by atoms with Crippen molar-refractivity contribution in [1.82, 2.24) is 5.32 Å². The monoisotopic (exact) mass is 1070 g/mol. The third kappa shape index (κ3) is 61.8. The van der Waals surface area contributed by atoms with Crippen LogP contribution in [-0.4, -0.2) is 47.4 Å². The fourth-order valence-corrected chi connectivity index (χ4v) is 11.2. The first kappa shape index (κ1) is 74.6. The van der Waals surface area contributed by atoms with Crippen LogP contribution >= 0.6 is 0 Å². The summed E-state index contributed by atoms with van der Waals surface area (Å²) in [5, 5.41) is 23.3. The van der Waals surface area contributed by atoms with Crippen LogP contribution in [0.3, 0.4) is 0 Å². The Morgan fingerprint density at radius 2 is 0.605 bits per heavy atom. The quantitative estimate of drug-likeness (QED) is 0.0320. The number of ether oxygens (including phenoxy) is 1. The summed E-state index contributed by atoms with van der Waals surface area (Å²) in [5.41, 5.74) is 0. The average molecular weight is 1070 g/mol. The number of amides is 1. The van der Waals surface area contributed by atoms with E-state index in [-0.39, 0.29) is 18.5 Å². The SMILES string of the molecule is CCCCCCCCCCCCCCCCCCCCCCCCC/C=C/C(O)C(CO)NC(=O)CCCCCCCCCCCCCCCCCOC(=O)CCCCCCCCCCCCCCCCCCCCC. The molecule has 76 heavy (non-hydrogen) atoms. The van der Waals surface area contributed by atoms with Gasteiger partial charge in [0.2, 0.25) is 5.91 Å². The van der Waals surface area contributed by atoms with Crippen LogP contribution in [0.25, 0.3) is 0 Å². The fourth-order valence-electron chi connectivity index (χ4n) is 11.2. The summed E-state index contributed by atoms with van der Waals surface area (Å²) in [7, 11) is 0. The minimum Gasteiger partial charge on any atom is -0.466 e. The summed E-state index contributed by atoms with van der Waals surface area (Å²) in [6.07, 6.45) is 81.3. The molecule has 0 bridgehead atoms. The molecule has 0 fully saturated rings. The van der Waals surface area contributed by atoms with Gasteiger partial charge in [-0.1, -0.05) is 366 Å².